The van der Waals surface area contributed by atoms with Gasteiger partial charge in [-0.05, 0) is 6.42 Å². The molecule has 0 aliphatic heterocycles. The molecule has 0 aliphatic carbocycles. The highest BCUT2D eigenvalue weighted by Crippen LogP contribution is 2.11. The van der Waals surface area contributed by atoms with Gasteiger partial charge in [0, 0.05) is 13.6 Å². The summed E-state index contributed by atoms with van der Waals surface area (Å²) in [6, 6.07) is 0.339. The van der Waals surface area contributed by atoms with Crippen LogP contribution in [0.15, 0.2) is 4.42 Å². The smallest absolute Gasteiger partial charge is 0.318 e. The van der Waals surface area contributed by atoms with Crippen molar-refractivity contribution in [2.45, 2.75) is 19.9 Å². The molecule has 1 aromatic rings. The Hall–Kier alpha value is -1.63. The van der Waals surface area contributed by atoms with E-state index in [1.165, 1.54) is 0 Å². The zero-order valence-electron chi connectivity index (χ0n) is 9.56. The summed E-state index contributed by atoms with van der Waals surface area (Å²) in [7, 11) is 1.59. The third-order valence-corrected chi connectivity index (χ3v) is 2.01. The van der Waals surface area contributed by atoms with Crippen LogP contribution >= 0.6 is 0 Å². The van der Waals surface area contributed by atoms with E-state index in [1.807, 2.05) is 6.92 Å². The second-order valence-electron chi connectivity index (χ2n) is 3.28. The lowest BCUT2D eigenvalue weighted by atomic mass is 10.4. The maximum atomic E-state index is 11.3. The van der Waals surface area contributed by atoms with E-state index in [4.69, 9.17) is 10.2 Å². The Morgan fingerprint density at radius 2 is 2.31 bits per heavy atom. The van der Waals surface area contributed by atoms with Crippen LogP contribution in [0.1, 0.15) is 19.2 Å². The molecule has 16 heavy (non-hydrogen) atoms. The normalized spacial score (nSPS) is 10.2. The highest BCUT2D eigenvalue weighted by molar-refractivity contribution is 5.80. The number of amides is 1. The van der Waals surface area contributed by atoms with E-state index in [0.29, 0.717) is 18.5 Å². The molecule has 0 unspecified atom stereocenters. The summed E-state index contributed by atoms with van der Waals surface area (Å²) < 4.78 is 5.29. The van der Waals surface area contributed by atoms with E-state index < -0.39 is 0 Å². The molecule has 3 N–H and O–H groups in total. The molecular formula is C9H17N5O2. The van der Waals surface area contributed by atoms with Gasteiger partial charge in [0.05, 0.1) is 6.54 Å². The molecule has 7 heteroatoms. The number of likely N-dealkylation sites (N-methyl/N-ethyl adjacent to an activating group) is 1. The Kier molecular flexibility index (Phi) is 4.71. The lowest BCUT2D eigenvalue weighted by Gasteiger charge is -2.17. The molecule has 1 heterocycles. The van der Waals surface area contributed by atoms with Crippen LogP contribution < -0.4 is 16.0 Å². The number of anilines is 1. The van der Waals surface area contributed by atoms with E-state index >= 15 is 0 Å². The van der Waals surface area contributed by atoms with Gasteiger partial charge in [-0.3, -0.25) is 4.79 Å². The van der Waals surface area contributed by atoms with E-state index in [0.717, 1.165) is 6.42 Å². The van der Waals surface area contributed by atoms with E-state index in [9.17, 15) is 4.79 Å². The summed E-state index contributed by atoms with van der Waals surface area (Å²) in [5, 5.41) is 10.1. The monoisotopic (exact) mass is 227 g/mol. The molecule has 0 saturated carbocycles. The van der Waals surface area contributed by atoms with Gasteiger partial charge in [-0.15, -0.1) is 5.10 Å². The first-order valence-electron chi connectivity index (χ1n) is 5.19. The number of aromatic nitrogens is 2. The zero-order valence-corrected chi connectivity index (χ0v) is 9.56. The molecule has 7 nitrogen and oxygen atoms in total. The van der Waals surface area contributed by atoms with Gasteiger partial charge in [0.25, 0.3) is 0 Å². The van der Waals surface area contributed by atoms with Crippen molar-refractivity contribution in [3.05, 3.63) is 5.89 Å². The van der Waals surface area contributed by atoms with Crippen molar-refractivity contribution in [1.82, 2.24) is 15.5 Å². The summed E-state index contributed by atoms with van der Waals surface area (Å²) in [4.78, 5) is 13.0. The van der Waals surface area contributed by atoms with Gasteiger partial charge >= 0.3 is 6.01 Å². The van der Waals surface area contributed by atoms with Crippen molar-refractivity contribution in [2.75, 3.05) is 25.0 Å². The molecule has 90 valence electrons. The summed E-state index contributed by atoms with van der Waals surface area (Å²) in [5.41, 5.74) is 5.37. The van der Waals surface area contributed by atoms with Crippen LogP contribution in [0.5, 0.6) is 0 Å². The molecule has 1 rings (SSSR count). The maximum absolute atomic E-state index is 11.3. The van der Waals surface area contributed by atoms with Gasteiger partial charge in [0.1, 0.15) is 6.54 Å². The average Bonchev–Trinajstić information content (AvgIpc) is 2.76. The SMILES string of the molecule is CCCN(CC(=O)NC)c1nnc(CN)o1. The molecule has 0 aromatic carbocycles. The first-order chi connectivity index (χ1) is 7.71. The Bertz CT molecular complexity index is 338. The first kappa shape index (κ1) is 12.4. The molecule has 0 bridgehead atoms. The third-order valence-electron chi connectivity index (χ3n) is 2.01. The molecule has 0 atom stereocenters. The molecule has 1 amide bonds. The summed E-state index contributed by atoms with van der Waals surface area (Å²) in [5.74, 6) is 0.272. The van der Waals surface area contributed by atoms with Crippen LogP contribution in [0, 0.1) is 0 Å². The maximum Gasteiger partial charge on any atom is 0.318 e. The van der Waals surface area contributed by atoms with Crippen molar-refractivity contribution in [2.24, 2.45) is 5.73 Å². The summed E-state index contributed by atoms with van der Waals surface area (Å²) in [6.45, 7) is 3.10. The number of nitrogens with zero attached hydrogens (tertiary/aromatic N) is 3. The second-order valence-corrected chi connectivity index (χ2v) is 3.28. The molecular weight excluding hydrogens is 210 g/mol. The largest absolute Gasteiger partial charge is 0.407 e. The van der Waals surface area contributed by atoms with Crippen molar-refractivity contribution >= 4 is 11.9 Å². The van der Waals surface area contributed by atoms with E-state index in [-0.39, 0.29) is 19.0 Å². The highest BCUT2D eigenvalue weighted by Gasteiger charge is 2.15. The minimum atomic E-state index is -0.0963. The number of carbonyl (C=O) groups is 1. The number of rotatable bonds is 6. The molecule has 0 radical (unpaired) electrons. The van der Waals surface area contributed by atoms with Crippen LogP contribution in [-0.2, 0) is 11.3 Å². The number of nitrogens with one attached hydrogen (secondary N) is 1. The molecule has 1 aromatic heterocycles. The number of nitrogens with two attached hydrogens (primary N) is 1. The minimum Gasteiger partial charge on any atom is -0.407 e. The predicted octanol–water partition coefficient (Wildman–Crippen LogP) is -0.509. The van der Waals surface area contributed by atoms with Crippen LogP contribution in [0.4, 0.5) is 6.01 Å². The number of hydrogen-bond acceptors (Lipinski definition) is 6. The topological polar surface area (TPSA) is 97.3 Å². The average molecular weight is 227 g/mol. The van der Waals surface area contributed by atoms with Gasteiger partial charge in [-0.2, -0.15) is 0 Å². The van der Waals surface area contributed by atoms with Gasteiger partial charge in [-0.1, -0.05) is 12.0 Å². The second kappa shape index (κ2) is 6.06. The van der Waals surface area contributed by atoms with Crippen molar-refractivity contribution in [1.29, 1.82) is 0 Å². The van der Waals surface area contributed by atoms with Gasteiger partial charge < -0.3 is 20.4 Å². The quantitative estimate of drug-likeness (QED) is 0.679. The molecule has 0 spiro atoms. The van der Waals surface area contributed by atoms with Crippen LogP contribution in [0.2, 0.25) is 0 Å². The lowest BCUT2D eigenvalue weighted by molar-refractivity contribution is -0.119. The Labute approximate surface area is 94.0 Å². The van der Waals surface area contributed by atoms with Crippen molar-refractivity contribution in [3.63, 3.8) is 0 Å². The standard InChI is InChI=1S/C9H17N5O2/c1-3-4-14(6-7(15)11-2)9-13-12-8(5-10)16-9/h3-6,10H2,1-2H3,(H,11,15). The fourth-order valence-corrected chi connectivity index (χ4v) is 1.22. The Morgan fingerprint density at radius 3 is 2.81 bits per heavy atom. The van der Waals surface area contributed by atoms with Crippen LogP contribution in [0.3, 0.4) is 0 Å². The fourth-order valence-electron chi connectivity index (χ4n) is 1.22. The fraction of sp³-hybridized carbons (Fsp3) is 0.667. The zero-order chi connectivity index (χ0) is 12.0. The van der Waals surface area contributed by atoms with Gasteiger partial charge in [0.15, 0.2) is 0 Å². The van der Waals surface area contributed by atoms with Gasteiger partial charge in [-0.25, -0.2) is 0 Å². The number of carbonyl (C=O) groups excluding carboxylic acids is 1. The Balaban J connectivity index is 2.71. The molecule has 0 aliphatic rings. The van der Waals surface area contributed by atoms with E-state index in [2.05, 4.69) is 15.5 Å². The van der Waals surface area contributed by atoms with Crippen LogP contribution in [-0.4, -0.2) is 36.2 Å². The van der Waals surface area contributed by atoms with Crippen molar-refractivity contribution in [3.8, 4) is 0 Å². The lowest BCUT2D eigenvalue weighted by Crippen LogP contribution is -2.36. The molecule has 0 saturated heterocycles. The minimum absolute atomic E-state index is 0.0963. The summed E-state index contributed by atoms with van der Waals surface area (Å²) >= 11 is 0. The van der Waals surface area contributed by atoms with Gasteiger partial charge in [0.2, 0.25) is 11.8 Å². The van der Waals surface area contributed by atoms with Crippen molar-refractivity contribution < 1.29 is 9.21 Å². The third kappa shape index (κ3) is 3.20. The van der Waals surface area contributed by atoms with Crippen LogP contribution in [0.25, 0.3) is 0 Å². The number of hydrogen-bond donors (Lipinski definition) is 2. The first-order valence-corrected chi connectivity index (χ1v) is 5.19. The van der Waals surface area contributed by atoms with E-state index in [1.54, 1.807) is 11.9 Å². The molecule has 0 fully saturated rings. The Morgan fingerprint density at radius 1 is 1.56 bits per heavy atom. The highest BCUT2D eigenvalue weighted by atomic mass is 16.4. The summed E-state index contributed by atoms with van der Waals surface area (Å²) in [6.07, 6.45) is 0.886. The predicted molar refractivity (Wildman–Crippen MR) is 58.8 cm³/mol.